The summed E-state index contributed by atoms with van der Waals surface area (Å²) >= 11 is 10.2. The van der Waals surface area contributed by atoms with Crippen LogP contribution in [0.5, 0.6) is 0 Å². The molecular weight excluding hydrogens is 202 g/mol. The Balaban J connectivity index is 2.89. The van der Waals surface area contributed by atoms with Crippen molar-refractivity contribution in [1.29, 1.82) is 0 Å². The molecule has 2 aromatic rings. The van der Waals surface area contributed by atoms with Crippen LogP contribution in [0.3, 0.4) is 0 Å². The lowest BCUT2D eigenvalue weighted by Gasteiger charge is -2.03. The molecule has 0 aliphatic heterocycles. The van der Waals surface area contributed by atoms with E-state index in [2.05, 4.69) is 12.6 Å². The summed E-state index contributed by atoms with van der Waals surface area (Å²) in [5.41, 5.74) is 6.38. The highest BCUT2D eigenvalue weighted by Gasteiger charge is 2.01. The third-order valence-electron chi connectivity index (χ3n) is 1.97. The number of hydrogen-bond donors (Lipinski definition) is 2. The largest absolute Gasteiger partial charge is 0.398 e. The summed E-state index contributed by atoms with van der Waals surface area (Å²) in [6.07, 6.45) is 0. The molecule has 0 spiro atoms. The van der Waals surface area contributed by atoms with Crippen molar-refractivity contribution in [3.63, 3.8) is 0 Å². The molecule has 2 N–H and O–H groups in total. The average molecular weight is 210 g/mol. The van der Waals surface area contributed by atoms with Gasteiger partial charge in [0, 0.05) is 21.0 Å². The first-order valence-electron chi connectivity index (χ1n) is 3.85. The molecular formula is C10H8ClNS. The number of benzene rings is 2. The Morgan fingerprint density at radius 2 is 2.00 bits per heavy atom. The number of anilines is 1. The molecule has 0 aromatic heterocycles. The second-order valence-electron chi connectivity index (χ2n) is 2.87. The van der Waals surface area contributed by atoms with Gasteiger partial charge in [-0.1, -0.05) is 23.7 Å². The summed E-state index contributed by atoms with van der Waals surface area (Å²) in [4.78, 5) is 0.787. The van der Waals surface area contributed by atoms with Crippen LogP contribution in [0.4, 0.5) is 5.69 Å². The van der Waals surface area contributed by atoms with E-state index in [0.29, 0.717) is 5.69 Å². The van der Waals surface area contributed by atoms with Crippen molar-refractivity contribution in [2.75, 3.05) is 5.73 Å². The number of fused-ring (bicyclic) bond motifs is 1. The van der Waals surface area contributed by atoms with E-state index in [4.69, 9.17) is 17.3 Å². The van der Waals surface area contributed by atoms with Gasteiger partial charge >= 0.3 is 0 Å². The van der Waals surface area contributed by atoms with Crippen molar-refractivity contribution < 1.29 is 0 Å². The first kappa shape index (κ1) is 8.73. The monoisotopic (exact) mass is 209 g/mol. The van der Waals surface area contributed by atoms with Crippen molar-refractivity contribution in [1.82, 2.24) is 0 Å². The highest BCUT2D eigenvalue weighted by atomic mass is 35.5. The molecule has 3 heteroatoms. The van der Waals surface area contributed by atoms with Crippen LogP contribution in [0.2, 0.25) is 5.02 Å². The van der Waals surface area contributed by atoms with Gasteiger partial charge in [-0.15, -0.1) is 12.6 Å². The fourth-order valence-corrected chi connectivity index (χ4v) is 1.73. The van der Waals surface area contributed by atoms with Gasteiger partial charge in [-0.3, -0.25) is 0 Å². The molecule has 0 amide bonds. The van der Waals surface area contributed by atoms with Crippen LogP contribution < -0.4 is 5.73 Å². The SMILES string of the molecule is Nc1cc2c(Cl)cccc2cc1S. The lowest BCUT2D eigenvalue weighted by atomic mass is 10.1. The van der Waals surface area contributed by atoms with E-state index in [0.717, 1.165) is 20.7 Å². The Morgan fingerprint density at radius 1 is 1.23 bits per heavy atom. The molecule has 0 radical (unpaired) electrons. The predicted molar refractivity (Wildman–Crippen MR) is 60.6 cm³/mol. The Morgan fingerprint density at radius 3 is 2.77 bits per heavy atom. The average Bonchev–Trinajstić information content (AvgIpc) is 2.09. The summed E-state index contributed by atoms with van der Waals surface area (Å²) in [5.74, 6) is 0. The number of halogens is 1. The number of nitrogen functional groups attached to an aromatic ring is 1. The van der Waals surface area contributed by atoms with Gasteiger partial charge in [0.05, 0.1) is 0 Å². The zero-order valence-corrected chi connectivity index (χ0v) is 8.44. The van der Waals surface area contributed by atoms with Gasteiger partial charge in [0.2, 0.25) is 0 Å². The maximum absolute atomic E-state index is 6.00. The minimum Gasteiger partial charge on any atom is -0.398 e. The first-order valence-corrected chi connectivity index (χ1v) is 4.68. The van der Waals surface area contributed by atoms with Gasteiger partial charge in [-0.25, -0.2) is 0 Å². The number of hydrogen-bond acceptors (Lipinski definition) is 2. The zero-order chi connectivity index (χ0) is 9.42. The van der Waals surface area contributed by atoms with Crippen LogP contribution >= 0.6 is 24.2 Å². The molecule has 2 rings (SSSR count). The van der Waals surface area contributed by atoms with E-state index in [1.165, 1.54) is 0 Å². The second-order valence-corrected chi connectivity index (χ2v) is 3.76. The quantitative estimate of drug-likeness (QED) is 0.505. The van der Waals surface area contributed by atoms with Gasteiger partial charge in [0.1, 0.15) is 0 Å². The second kappa shape index (κ2) is 3.13. The molecule has 0 aliphatic carbocycles. The molecule has 2 aromatic carbocycles. The van der Waals surface area contributed by atoms with Crippen LogP contribution in [-0.4, -0.2) is 0 Å². The number of rotatable bonds is 0. The van der Waals surface area contributed by atoms with Crippen LogP contribution in [0.15, 0.2) is 35.2 Å². The minimum atomic E-state index is 0.656. The van der Waals surface area contributed by atoms with Crippen LogP contribution in [0, 0.1) is 0 Å². The molecule has 13 heavy (non-hydrogen) atoms. The standard InChI is InChI=1S/C10H8ClNS/c11-8-3-1-2-6-4-10(13)9(12)5-7(6)8/h1-5,13H,12H2. The Hall–Kier alpha value is -0.860. The van der Waals surface area contributed by atoms with Gasteiger partial charge < -0.3 is 5.73 Å². The highest BCUT2D eigenvalue weighted by molar-refractivity contribution is 7.80. The van der Waals surface area contributed by atoms with Gasteiger partial charge in [0.25, 0.3) is 0 Å². The van der Waals surface area contributed by atoms with E-state index < -0.39 is 0 Å². The van der Waals surface area contributed by atoms with E-state index in [-0.39, 0.29) is 0 Å². The molecule has 1 nitrogen and oxygen atoms in total. The van der Waals surface area contributed by atoms with Crippen molar-refractivity contribution in [2.45, 2.75) is 4.90 Å². The molecule has 0 fully saturated rings. The summed E-state index contributed by atoms with van der Waals surface area (Å²) < 4.78 is 0. The lowest BCUT2D eigenvalue weighted by Crippen LogP contribution is -1.87. The van der Waals surface area contributed by atoms with Gasteiger partial charge in [0.15, 0.2) is 0 Å². The summed E-state index contributed by atoms with van der Waals surface area (Å²) in [6.45, 7) is 0. The topological polar surface area (TPSA) is 26.0 Å². The van der Waals surface area contributed by atoms with Crippen molar-refractivity contribution in [3.8, 4) is 0 Å². The maximum atomic E-state index is 6.00. The normalized spacial score (nSPS) is 10.6. The lowest BCUT2D eigenvalue weighted by molar-refractivity contribution is 1.52. The molecule has 0 aliphatic rings. The van der Waals surface area contributed by atoms with Crippen molar-refractivity contribution >= 4 is 40.7 Å². The smallest absolute Gasteiger partial charge is 0.0485 e. The van der Waals surface area contributed by atoms with Gasteiger partial charge in [-0.05, 0) is 23.6 Å². The molecule has 66 valence electrons. The zero-order valence-electron chi connectivity index (χ0n) is 6.79. The third-order valence-corrected chi connectivity index (χ3v) is 2.69. The predicted octanol–water partition coefficient (Wildman–Crippen LogP) is 3.36. The first-order chi connectivity index (χ1) is 6.18. The molecule has 0 saturated heterocycles. The molecule has 0 heterocycles. The van der Waals surface area contributed by atoms with Crippen LogP contribution in [0.25, 0.3) is 10.8 Å². The number of thiol groups is 1. The Kier molecular flexibility index (Phi) is 2.10. The van der Waals surface area contributed by atoms with E-state index in [9.17, 15) is 0 Å². The van der Waals surface area contributed by atoms with Crippen LogP contribution in [0.1, 0.15) is 0 Å². The van der Waals surface area contributed by atoms with E-state index >= 15 is 0 Å². The maximum Gasteiger partial charge on any atom is 0.0485 e. The molecule has 0 atom stereocenters. The Labute approximate surface area is 86.9 Å². The minimum absolute atomic E-state index is 0.656. The third kappa shape index (κ3) is 1.47. The summed E-state index contributed by atoms with van der Waals surface area (Å²) in [7, 11) is 0. The summed E-state index contributed by atoms with van der Waals surface area (Å²) in [6, 6.07) is 9.51. The fraction of sp³-hybridized carbons (Fsp3) is 0. The van der Waals surface area contributed by atoms with Crippen molar-refractivity contribution in [2.24, 2.45) is 0 Å². The molecule has 0 unspecified atom stereocenters. The number of nitrogens with two attached hydrogens (primary N) is 1. The van der Waals surface area contributed by atoms with E-state index in [1.54, 1.807) is 0 Å². The fourth-order valence-electron chi connectivity index (χ4n) is 1.29. The summed E-state index contributed by atoms with van der Waals surface area (Å²) in [5, 5.41) is 2.75. The van der Waals surface area contributed by atoms with Gasteiger partial charge in [-0.2, -0.15) is 0 Å². The molecule has 0 bridgehead atoms. The van der Waals surface area contributed by atoms with Crippen molar-refractivity contribution in [3.05, 3.63) is 35.4 Å². The highest BCUT2D eigenvalue weighted by Crippen LogP contribution is 2.29. The van der Waals surface area contributed by atoms with E-state index in [1.807, 2.05) is 30.3 Å². The van der Waals surface area contributed by atoms with Crippen LogP contribution in [-0.2, 0) is 0 Å². The Bertz CT molecular complexity index is 468. The molecule has 0 saturated carbocycles.